The SMILES string of the molecule is Cc1ccc(C)c(-n2c(CNC(=O)c3cccc([N+](=O)[O-])c3C)nnc2SCC(=O)Nc2ccc(F)cc2)c1. The number of rotatable bonds is 9. The summed E-state index contributed by atoms with van der Waals surface area (Å²) < 4.78 is 14.9. The third kappa shape index (κ3) is 6.47. The van der Waals surface area contributed by atoms with Gasteiger partial charge in [-0.15, -0.1) is 10.2 Å². The van der Waals surface area contributed by atoms with Crippen LogP contribution >= 0.6 is 11.8 Å². The zero-order valence-corrected chi connectivity index (χ0v) is 22.2. The zero-order chi connectivity index (χ0) is 28.1. The summed E-state index contributed by atoms with van der Waals surface area (Å²) in [6.07, 6.45) is 0. The number of nitro benzene ring substituents is 1. The Hall–Kier alpha value is -4.58. The highest BCUT2D eigenvalue weighted by Gasteiger charge is 2.21. The zero-order valence-electron chi connectivity index (χ0n) is 21.4. The van der Waals surface area contributed by atoms with Crippen molar-refractivity contribution in [1.29, 1.82) is 0 Å². The molecule has 0 saturated carbocycles. The molecule has 200 valence electrons. The van der Waals surface area contributed by atoms with Gasteiger partial charge in [-0.3, -0.25) is 24.3 Å². The molecule has 0 spiro atoms. The van der Waals surface area contributed by atoms with E-state index in [9.17, 15) is 24.1 Å². The van der Waals surface area contributed by atoms with Gasteiger partial charge in [0.25, 0.3) is 11.6 Å². The van der Waals surface area contributed by atoms with E-state index in [-0.39, 0.29) is 35.0 Å². The van der Waals surface area contributed by atoms with E-state index in [1.54, 1.807) is 4.57 Å². The molecule has 0 aliphatic heterocycles. The summed E-state index contributed by atoms with van der Waals surface area (Å²) in [7, 11) is 0. The summed E-state index contributed by atoms with van der Waals surface area (Å²) in [6.45, 7) is 5.39. The summed E-state index contributed by atoms with van der Waals surface area (Å²) in [4.78, 5) is 36.2. The van der Waals surface area contributed by atoms with E-state index in [4.69, 9.17) is 0 Å². The maximum atomic E-state index is 13.2. The molecule has 12 heteroatoms. The van der Waals surface area contributed by atoms with Crippen LogP contribution in [-0.4, -0.2) is 37.3 Å². The highest BCUT2D eigenvalue weighted by Crippen LogP contribution is 2.26. The lowest BCUT2D eigenvalue weighted by Gasteiger charge is -2.14. The van der Waals surface area contributed by atoms with E-state index in [0.717, 1.165) is 28.6 Å². The minimum Gasteiger partial charge on any atom is -0.345 e. The first-order chi connectivity index (χ1) is 18.6. The number of halogens is 1. The largest absolute Gasteiger partial charge is 0.345 e. The number of aromatic nitrogens is 3. The molecule has 3 aromatic carbocycles. The number of anilines is 1. The molecule has 1 aromatic heterocycles. The topological polar surface area (TPSA) is 132 Å². The molecule has 0 aliphatic carbocycles. The number of carbonyl (C=O) groups is 2. The average molecular weight is 549 g/mol. The molecule has 0 bridgehead atoms. The number of benzene rings is 3. The lowest BCUT2D eigenvalue weighted by Crippen LogP contribution is -2.25. The van der Waals surface area contributed by atoms with Gasteiger partial charge in [-0.1, -0.05) is 30.0 Å². The van der Waals surface area contributed by atoms with Crippen molar-refractivity contribution in [2.75, 3.05) is 11.1 Å². The number of nitrogens with zero attached hydrogens (tertiary/aromatic N) is 4. The number of hydrogen-bond donors (Lipinski definition) is 2. The second-order valence-electron chi connectivity index (χ2n) is 8.76. The molecule has 0 radical (unpaired) electrons. The van der Waals surface area contributed by atoms with Crippen LogP contribution in [0, 0.1) is 36.7 Å². The first-order valence-electron chi connectivity index (χ1n) is 11.9. The predicted octanol–water partition coefficient (Wildman–Crippen LogP) is 4.90. The van der Waals surface area contributed by atoms with Crippen molar-refractivity contribution >= 4 is 35.0 Å². The van der Waals surface area contributed by atoms with Gasteiger partial charge in [-0.2, -0.15) is 0 Å². The Morgan fingerprint density at radius 1 is 1.05 bits per heavy atom. The van der Waals surface area contributed by atoms with Gasteiger partial charge in [-0.05, 0) is 68.3 Å². The number of hydrogen-bond acceptors (Lipinski definition) is 7. The van der Waals surface area contributed by atoms with Crippen molar-refractivity contribution < 1.29 is 18.9 Å². The van der Waals surface area contributed by atoms with E-state index in [2.05, 4.69) is 20.8 Å². The highest BCUT2D eigenvalue weighted by atomic mass is 32.2. The Morgan fingerprint density at radius 3 is 2.51 bits per heavy atom. The van der Waals surface area contributed by atoms with Crippen LogP contribution in [0.5, 0.6) is 0 Å². The average Bonchev–Trinajstić information content (AvgIpc) is 3.31. The molecule has 2 N–H and O–H groups in total. The Bertz CT molecular complexity index is 1550. The third-order valence-corrected chi connectivity index (χ3v) is 6.85. The molecule has 0 fully saturated rings. The van der Waals surface area contributed by atoms with Crippen molar-refractivity contribution in [3.05, 3.63) is 105 Å². The van der Waals surface area contributed by atoms with Gasteiger partial charge in [0.1, 0.15) is 5.82 Å². The second kappa shape index (κ2) is 11.9. The van der Waals surface area contributed by atoms with Crippen molar-refractivity contribution in [3.63, 3.8) is 0 Å². The smallest absolute Gasteiger partial charge is 0.273 e. The molecule has 0 aliphatic rings. The number of aryl methyl sites for hydroxylation is 2. The number of nitrogens with one attached hydrogen (secondary N) is 2. The van der Waals surface area contributed by atoms with Crippen LogP contribution in [-0.2, 0) is 11.3 Å². The third-order valence-electron chi connectivity index (χ3n) is 5.92. The Balaban J connectivity index is 1.56. The molecular formula is C27H25FN6O4S. The Labute approximate surface area is 227 Å². The molecule has 0 atom stereocenters. The molecule has 1 heterocycles. The van der Waals surface area contributed by atoms with Gasteiger partial charge in [0.05, 0.1) is 22.9 Å². The maximum absolute atomic E-state index is 13.2. The number of thioether (sulfide) groups is 1. The fourth-order valence-corrected chi connectivity index (χ4v) is 4.66. The molecule has 10 nitrogen and oxygen atoms in total. The van der Waals surface area contributed by atoms with Crippen LogP contribution in [0.2, 0.25) is 0 Å². The molecule has 0 saturated heterocycles. The molecular weight excluding hydrogens is 523 g/mol. The molecule has 4 aromatic rings. The van der Waals surface area contributed by atoms with Crippen LogP contribution < -0.4 is 10.6 Å². The van der Waals surface area contributed by atoms with Crippen molar-refractivity contribution in [2.45, 2.75) is 32.5 Å². The fraction of sp³-hybridized carbons (Fsp3) is 0.185. The molecule has 4 rings (SSSR count). The monoisotopic (exact) mass is 548 g/mol. The Kier molecular flexibility index (Phi) is 8.35. The van der Waals surface area contributed by atoms with Gasteiger partial charge >= 0.3 is 0 Å². The van der Waals surface area contributed by atoms with Gasteiger partial charge in [0.2, 0.25) is 5.91 Å². The van der Waals surface area contributed by atoms with Crippen LogP contribution in [0.1, 0.15) is 32.9 Å². The van der Waals surface area contributed by atoms with Gasteiger partial charge in [0, 0.05) is 22.9 Å². The van der Waals surface area contributed by atoms with E-state index in [0.29, 0.717) is 16.7 Å². The lowest BCUT2D eigenvalue weighted by atomic mass is 10.1. The summed E-state index contributed by atoms with van der Waals surface area (Å²) in [6, 6.07) is 15.7. The number of carbonyl (C=O) groups excluding carboxylic acids is 2. The molecule has 39 heavy (non-hydrogen) atoms. The Morgan fingerprint density at radius 2 is 1.79 bits per heavy atom. The van der Waals surface area contributed by atoms with Crippen molar-refractivity contribution in [3.8, 4) is 5.69 Å². The quantitative estimate of drug-likeness (QED) is 0.173. The maximum Gasteiger partial charge on any atom is 0.273 e. The first-order valence-corrected chi connectivity index (χ1v) is 12.8. The van der Waals surface area contributed by atoms with E-state index in [1.165, 1.54) is 49.4 Å². The highest BCUT2D eigenvalue weighted by molar-refractivity contribution is 7.99. The summed E-state index contributed by atoms with van der Waals surface area (Å²) in [5.41, 5.74) is 3.50. The number of amides is 2. The summed E-state index contributed by atoms with van der Waals surface area (Å²) >= 11 is 1.16. The second-order valence-corrected chi connectivity index (χ2v) is 9.70. The number of nitro groups is 1. The molecule has 2 amide bonds. The van der Waals surface area contributed by atoms with E-state index < -0.39 is 16.6 Å². The minimum atomic E-state index is -0.529. The standard InChI is InChI=1S/C27H25FN6O4S/c1-16-7-8-17(2)23(13-16)33-24(14-29-26(36)21-5-4-6-22(18(21)3)34(37)38)31-32-27(33)39-15-25(35)30-20-11-9-19(28)10-12-20/h4-13H,14-15H2,1-3H3,(H,29,36)(H,30,35). The van der Waals surface area contributed by atoms with Gasteiger partial charge in [0.15, 0.2) is 11.0 Å². The van der Waals surface area contributed by atoms with Crippen molar-refractivity contribution in [1.82, 2.24) is 20.1 Å². The lowest BCUT2D eigenvalue weighted by molar-refractivity contribution is -0.385. The van der Waals surface area contributed by atoms with Crippen LogP contribution in [0.4, 0.5) is 15.8 Å². The summed E-state index contributed by atoms with van der Waals surface area (Å²) in [5.74, 6) is -0.761. The van der Waals surface area contributed by atoms with Crippen LogP contribution in [0.15, 0.2) is 65.8 Å². The summed E-state index contributed by atoms with van der Waals surface area (Å²) in [5, 5.41) is 25.7. The molecule has 0 unspecified atom stereocenters. The normalized spacial score (nSPS) is 10.8. The van der Waals surface area contributed by atoms with Gasteiger partial charge in [-0.25, -0.2) is 4.39 Å². The van der Waals surface area contributed by atoms with E-state index in [1.807, 2.05) is 32.0 Å². The van der Waals surface area contributed by atoms with Crippen LogP contribution in [0.25, 0.3) is 5.69 Å². The minimum absolute atomic E-state index is 0.0102. The van der Waals surface area contributed by atoms with Gasteiger partial charge < -0.3 is 10.6 Å². The van der Waals surface area contributed by atoms with Crippen LogP contribution in [0.3, 0.4) is 0 Å². The van der Waals surface area contributed by atoms with E-state index >= 15 is 0 Å². The van der Waals surface area contributed by atoms with Crippen molar-refractivity contribution in [2.24, 2.45) is 0 Å². The predicted molar refractivity (Wildman–Crippen MR) is 146 cm³/mol. The fourth-order valence-electron chi connectivity index (χ4n) is 3.89. The first kappa shape index (κ1) is 27.5.